The summed E-state index contributed by atoms with van der Waals surface area (Å²) in [7, 11) is -0.958. The Kier molecular flexibility index (Phi) is 6.75. The number of hydrogen-bond donors (Lipinski definition) is 0. The number of hydrogen-bond acceptors (Lipinski definition) is 2. The van der Waals surface area contributed by atoms with Gasteiger partial charge in [-0.05, 0) is 0 Å². The van der Waals surface area contributed by atoms with Gasteiger partial charge in [-0.3, -0.25) is 0 Å². The van der Waals surface area contributed by atoms with Gasteiger partial charge < -0.3 is 0 Å². The van der Waals surface area contributed by atoms with Crippen LogP contribution >= 0.6 is 12.2 Å². The Morgan fingerprint density at radius 3 is 2.56 bits per heavy atom. The molecule has 1 nitrogen and oxygen atoms in total. The molecule has 0 fully saturated rings. The number of benzene rings is 1. The van der Waals surface area contributed by atoms with Crippen LogP contribution in [-0.2, 0) is 4.74 Å². The first-order chi connectivity index (χ1) is 8.40. The molecule has 0 aliphatic rings. The molecule has 0 bridgehead atoms. The van der Waals surface area contributed by atoms with Gasteiger partial charge in [-0.1, -0.05) is 0 Å². The molecule has 0 saturated carbocycles. The van der Waals surface area contributed by atoms with E-state index in [-0.39, 0.29) is 15.0 Å². The number of thiocarbonyl (C=S) groups is 1. The van der Waals surface area contributed by atoms with Crippen molar-refractivity contribution >= 4 is 39.0 Å². The summed E-state index contributed by atoms with van der Waals surface area (Å²) in [6, 6.07) is 9.57. The molecule has 0 spiro atoms. The van der Waals surface area contributed by atoms with Crippen LogP contribution in [0.15, 0.2) is 24.3 Å². The van der Waals surface area contributed by atoms with Gasteiger partial charge in [0, 0.05) is 0 Å². The minimum absolute atomic E-state index is 0.279. The summed E-state index contributed by atoms with van der Waals surface area (Å²) in [5.74, 6) is 0. The van der Waals surface area contributed by atoms with Gasteiger partial charge in [0.2, 0.25) is 0 Å². The molecule has 0 amide bonds. The van der Waals surface area contributed by atoms with E-state index in [1.807, 2.05) is 0 Å². The zero-order chi connectivity index (χ0) is 13.6. The summed E-state index contributed by atoms with van der Waals surface area (Å²) in [5, 5.41) is 0. The standard InChI is InChI=1S/C14H22OSSeSi/c1-12-7-5-6-8-13(12)14(16)17-11-15-9-10-18(2,3)4/h5-8H,9-11H2,1-4H3. The molecule has 1 aromatic rings. The van der Waals surface area contributed by atoms with Crippen molar-refractivity contribution in [2.24, 2.45) is 0 Å². The maximum atomic E-state index is 5.72. The van der Waals surface area contributed by atoms with Crippen molar-refractivity contribution in [2.75, 3.05) is 12.1 Å². The normalized spacial score (nSPS) is 11.6. The molecule has 1 rings (SSSR count). The third-order valence-corrected chi connectivity index (χ3v) is 6.78. The van der Waals surface area contributed by atoms with Crippen LogP contribution < -0.4 is 0 Å². The van der Waals surface area contributed by atoms with Crippen LogP contribution in [0.25, 0.3) is 0 Å². The Hall–Kier alpha value is 0.00636. The second-order valence-corrected chi connectivity index (χ2v) is 14.2. The molecule has 0 aromatic heterocycles. The number of rotatable bonds is 7. The monoisotopic (exact) mass is 346 g/mol. The predicted molar refractivity (Wildman–Crippen MR) is 87.6 cm³/mol. The van der Waals surface area contributed by atoms with Gasteiger partial charge in [0.15, 0.2) is 0 Å². The van der Waals surface area contributed by atoms with Crippen LogP contribution in [0.2, 0.25) is 25.7 Å². The average molecular weight is 345 g/mol. The van der Waals surface area contributed by atoms with E-state index >= 15 is 0 Å². The molecular formula is C14H22OSSeSi. The van der Waals surface area contributed by atoms with E-state index in [1.54, 1.807) is 0 Å². The molecule has 0 aliphatic heterocycles. The quantitative estimate of drug-likeness (QED) is 0.423. The fourth-order valence-corrected chi connectivity index (χ4v) is 4.10. The second kappa shape index (κ2) is 7.56. The van der Waals surface area contributed by atoms with Crippen molar-refractivity contribution < 1.29 is 4.74 Å². The SMILES string of the molecule is Cc1ccccc1C(=S)[Se]COCC[Si](C)(C)C. The number of aryl methyl sites for hydroxylation is 1. The first-order valence-electron chi connectivity index (χ1n) is 6.21. The van der Waals surface area contributed by atoms with Gasteiger partial charge in [0.1, 0.15) is 0 Å². The fourth-order valence-electron chi connectivity index (χ4n) is 1.41. The van der Waals surface area contributed by atoms with Crippen LogP contribution in [0.5, 0.6) is 0 Å². The average Bonchev–Trinajstić information content (AvgIpc) is 2.27. The maximum absolute atomic E-state index is 5.72. The van der Waals surface area contributed by atoms with E-state index < -0.39 is 8.07 Å². The summed E-state index contributed by atoms with van der Waals surface area (Å²) in [5.41, 5.74) is 3.30. The Morgan fingerprint density at radius 1 is 1.28 bits per heavy atom. The molecule has 4 heteroatoms. The first kappa shape index (κ1) is 16.1. The zero-order valence-electron chi connectivity index (χ0n) is 11.7. The molecule has 1 aromatic carbocycles. The molecule has 0 heterocycles. The van der Waals surface area contributed by atoms with Gasteiger partial charge in [-0.25, -0.2) is 0 Å². The van der Waals surface area contributed by atoms with Gasteiger partial charge >= 0.3 is 124 Å². The van der Waals surface area contributed by atoms with Crippen LogP contribution in [0.3, 0.4) is 0 Å². The summed E-state index contributed by atoms with van der Waals surface area (Å²) in [6.07, 6.45) is 0. The minimum atomic E-state index is -0.958. The van der Waals surface area contributed by atoms with Crippen molar-refractivity contribution in [3.63, 3.8) is 0 Å². The third kappa shape index (κ3) is 6.25. The zero-order valence-corrected chi connectivity index (χ0v) is 15.2. The molecule has 0 atom stereocenters. The predicted octanol–water partition coefficient (Wildman–Crippen LogP) is 3.69. The second-order valence-electron chi connectivity index (χ2n) is 5.58. The molecular weight excluding hydrogens is 323 g/mol. The van der Waals surface area contributed by atoms with Crippen molar-refractivity contribution in [2.45, 2.75) is 32.6 Å². The van der Waals surface area contributed by atoms with Gasteiger partial charge in [-0.2, -0.15) is 0 Å². The molecule has 0 aliphatic carbocycles. The topological polar surface area (TPSA) is 9.23 Å². The van der Waals surface area contributed by atoms with E-state index in [2.05, 4.69) is 50.8 Å². The Labute approximate surface area is 123 Å². The summed E-state index contributed by atoms with van der Waals surface area (Å²) >= 11 is 5.77. The van der Waals surface area contributed by atoms with Crippen molar-refractivity contribution in [3.8, 4) is 0 Å². The van der Waals surface area contributed by atoms with Crippen LogP contribution in [0.4, 0.5) is 0 Å². The number of ether oxygens (including phenoxy) is 1. The van der Waals surface area contributed by atoms with E-state index in [0.717, 1.165) is 15.9 Å². The summed E-state index contributed by atoms with van der Waals surface area (Å²) in [6.45, 7) is 10.1. The van der Waals surface area contributed by atoms with E-state index in [1.165, 1.54) is 17.2 Å². The third-order valence-electron chi connectivity index (χ3n) is 2.63. The van der Waals surface area contributed by atoms with Crippen LogP contribution in [-0.4, -0.2) is 38.9 Å². The molecule has 100 valence electrons. The molecule has 0 unspecified atom stereocenters. The Morgan fingerprint density at radius 2 is 1.94 bits per heavy atom. The summed E-state index contributed by atoms with van der Waals surface area (Å²) < 4.78 is 6.79. The molecule has 0 radical (unpaired) electrons. The molecule has 18 heavy (non-hydrogen) atoms. The van der Waals surface area contributed by atoms with Crippen LogP contribution in [0.1, 0.15) is 11.1 Å². The van der Waals surface area contributed by atoms with Gasteiger partial charge in [0.05, 0.1) is 0 Å². The van der Waals surface area contributed by atoms with Crippen molar-refractivity contribution in [1.29, 1.82) is 0 Å². The van der Waals surface area contributed by atoms with E-state index in [0.29, 0.717) is 0 Å². The van der Waals surface area contributed by atoms with Gasteiger partial charge in [-0.15, -0.1) is 0 Å². The first-order valence-corrected chi connectivity index (χ1v) is 12.4. The summed E-state index contributed by atoms with van der Waals surface area (Å²) in [4.78, 5) is 0. The van der Waals surface area contributed by atoms with E-state index in [4.69, 9.17) is 17.0 Å². The van der Waals surface area contributed by atoms with E-state index in [9.17, 15) is 0 Å². The Bertz CT molecular complexity index is 401. The molecule has 0 N–H and O–H groups in total. The Balaban J connectivity index is 2.28. The molecule has 0 saturated heterocycles. The van der Waals surface area contributed by atoms with Crippen molar-refractivity contribution in [1.82, 2.24) is 0 Å². The van der Waals surface area contributed by atoms with Crippen molar-refractivity contribution in [3.05, 3.63) is 35.4 Å². The van der Waals surface area contributed by atoms with Gasteiger partial charge in [0.25, 0.3) is 0 Å². The fraction of sp³-hybridized carbons (Fsp3) is 0.500. The van der Waals surface area contributed by atoms with Crippen LogP contribution in [0, 0.1) is 6.92 Å².